The SMILES string of the molecule is O=c1c2ccccc2c2ccccc2c(=O)n1CCC1=CCCCC1. The minimum absolute atomic E-state index is 0.187. The van der Waals surface area contributed by atoms with Crippen molar-refractivity contribution < 1.29 is 0 Å². The first kappa shape index (κ1) is 15.8. The summed E-state index contributed by atoms with van der Waals surface area (Å²) in [6.07, 6.45) is 7.71. The van der Waals surface area contributed by atoms with E-state index >= 15 is 0 Å². The molecule has 0 fully saturated rings. The highest BCUT2D eigenvalue weighted by atomic mass is 16.2. The van der Waals surface area contributed by atoms with E-state index in [-0.39, 0.29) is 11.1 Å². The fourth-order valence-corrected chi connectivity index (χ4v) is 3.78. The summed E-state index contributed by atoms with van der Waals surface area (Å²) < 4.78 is 1.43. The average molecular weight is 331 g/mol. The van der Waals surface area contributed by atoms with E-state index in [1.807, 2.05) is 48.5 Å². The third-order valence-electron chi connectivity index (χ3n) is 5.14. The Labute approximate surface area is 146 Å². The normalized spacial score (nSPS) is 14.6. The monoisotopic (exact) mass is 331 g/mol. The predicted molar refractivity (Wildman–Crippen MR) is 103 cm³/mol. The third kappa shape index (κ3) is 2.91. The van der Waals surface area contributed by atoms with Crippen LogP contribution in [0.1, 0.15) is 32.1 Å². The van der Waals surface area contributed by atoms with Gasteiger partial charge in [-0.25, -0.2) is 0 Å². The molecule has 2 aromatic carbocycles. The summed E-state index contributed by atoms with van der Waals surface area (Å²) in [6.45, 7) is 0.451. The summed E-state index contributed by atoms with van der Waals surface area (Å²) in [5.41, 5.74) is 0.999. The lowest BCUT2D eigenvalue weighted by Crippen LogP contribution is -2.30. The number of hydrogen-bond donors (Lipinski definition) is 0. The molecule has 126 valence electrons. The molecule has 0 N–H and O–H groups in total. The van der Waals surface area contributed by atoms with Crippen LogP contribution < -0.4 is 11.1 Å². The minimum atomic E-state index is -0.187. The lowest BCUT2D eigenvalue weighted by molar-refractivity contribution is 0.609. The van der Waals surface area contributed by atoms with Gasteiger partial charge >= 0.3 is 0 Å². The van der Waals surface area contributed by atoms with Gasteiger partial charge in [0.05, 0.1) is 0 Å². The second kappa shape index (κ2) is 6.67. The molecular weight excluding hydrogens is 310 g/mol. The van der Waals surface area contributed by atoms with Gasteiger partial charge in [-0.15, -0.1) is 0 Å². The molecular formula is C22H21NO2. The van der Waals surface area contributed by atoms with E-state index in [9.17, 15) is 9.59 Å². The van der Waals surface area contributed by atoms with Crippen LogP contribution in [-0.2, 0) is 6.54 Å². The van der Waals surface area contributed by atoms with E-state index in [0.29, 0.717) is 17.3 Å². The number of nitrogens with zero attached hydrogens (tertiary/aromatic N) is 1. The van der Waals surface area contributed by atoms with Crippen LogP contribution >= 0.6 is 0 Å². The summed E-state index contributed by atoms with van der Waals surface area (Å²) in [7, 11) is 0. The highest BCUT2D eigenvalue weighted by Gasteiger charge is 2.11. The number of fused-ring (bicyclic) bond motifs is 3. The maximum atomic E-state index is 13.1. The Bertz CT molecular complexity index is 1020. The van der Waals surface area contributed by atoms with Crippen molar-refractivity contribution in [3.05, 3.63) is 80.9 Å². The first-order valence-electron chi connectivity index (χ1n) is 8.98. The zero-order chi connectivity index (χ0) is 17.2. The Hall–Kier alpha value is -2.68. The summed E-state index contributed by atoms with van der Waals surface area (Å²) in [5.74, 6) is 0. The van der Waals surface area contributed by atoms with Gasteiger partial charge in [-0.05, 0) is 55.0 Å². The molecule has 0 aliphatic heterocycles. The van der Waals surface area contributed by atoms with Gasteiger partial charge < -0.3 is 0 Å². The lowest BCUT2D eigenvalue weighted by Gasteiger charge is -2.12. The molecule has 3 heteroatoms. The summed E-state index contributed by atoms with van der Waals surface area (Å²) in [5, 5.41) is 2.91. The highest BCUT2D eigenvalue weighted by molar-refractivity contribution is 6.05. The van der Waals surface area contributed by atoms with E-state index < -0.39 is 0 Å². The van der Waals surface area contributed by atoms with Gasteiger partial charge in [-0.1, -0.05) is 48.0 Å². The molecule has 0 unspecified atom stereocenters. The van der Waals surface area contributed by atoms with Gasteiger partial charge in [0.25, 0.3) is 11.1 Å². The predicted octanol–water partition coefficient (Wildman–Crippen LogP) is 4.41. The smallest absolute Gasteiger partial charge is 0.261 e. The molecule has 1 aliphatic carbocycles. The van der Waals surface area contributed by atoms with Crippen molar-refractivity contribution in [2.45, 2.75) is 38.6 Å². The van der Waals surface area contributed by atoms with Gasteiger partial charge in [0, 0.05) is 17.3 Å². The molecule has 3 nitrogen and oxygen atoms in total. The second-order valence-corrected chi connectivity index (χ2v) is 6.71. The van der Waals surface area contributed by atoms with Crippen LogP contribution in [0.4, 0.5) is 0 Å². The molecule has 0 bridgehead atoms. The average Bonchev–Trinajstić information content (AvgIpc) is 2.76. The third-order valence-corrected chi connectivity index (χ3v) is 5.14. The zero-order valence-corrected chi connectivity index (χ0v) is 14.2. The van der Waals surface area contributed by atoms with Crippen LogP contribution in [0.15, 0.2) is 69.8 Å². The van der Waals surface area contributed by atoms with E-state index in [2.05, 4.69) is 6.08 Å². The Balaban J connectivity index is 1.95. The van der Waals surface area contributed by atoms with Crippen LogP contribution in [-0.4, -0.2) is 4.57 Å². The van der Waals surface area contributed by atoms with Crippen molar-refractivity contribution in [2.24, 2.45) is 0 Å². The van der Waals surface area contributed by atoms with Gasteiger partial charge in [0.15, 0.2) is 0 Å². The van der Waals surface area contributed by atoms with Crippen LogP contribution in [0.2, 0.25) is 0 Å². The van der Waals surface area contributed by atoms with Crippen molar-refractivity contribution >= 4 is 21.5 Å². The largest absolute Gasteiger partial charge is 0.274 e. The molecule has 1 aromatic heterocycles. The maximum absolute atomic E-state index is 13.1. The lowest BCUT2D eigenvalue weighted by atomic mass is 9.97. The number of aromatic nitrogens is 1. The molecule has 3 aromatic rings. The van der Waals surface area contributed by atoms with E-state index in [0.717, 1.165) is 30.0 Å². The van der Waals surface area contributed by atoms with E-state index in [1.165, 1.54) is 23.0 Å². The second-order valence-electron chi connectivity index (χ2n) is 6.71. The topological polar surface area (TPSA) is 39.1 Å². The number of allylic oxidation sites excluding steroid dienone is 2. The molecule has 0 radical (unpaired) electrons. The van der Waals surface area contributed by atoms with Gasteiger partial charge in [-0.3, -0.25) is 14.2 Å². The Morgan fingerprint density at radius 3 is 1.84 bits per heavy atom. The van der Waals surface area contributed by atoms with Crippen molar-refractivity contribution in [1.82, 2.24) is 4.57 Å². The Kier molecular flexibility index (Phi) is 4.22. The highest BCUT2D eigenvalue weighted by Crippen LogP contribution is 2.21. The van der Waals surface area contributed by atoms with Crippen LogP contribution in [0.3, 0.4) is 0 Å². The molecule has 0 atom stereocenters. The number of rotatable bonds is 3. The zero-order valence-electron chi connectivity index (χ0n) is 14.2. The standard InChI is InChI=1S/C22H21NO2/c24-21-19-12-6-4-10-17(19)18-11-5-7-13-20(18)22(25)23(21)15-14-16-8-2-1-3-9-16/h4-8,10-13H,1-3,9,14-15H2. The van der Waals surface area contributed by atoms with Crippen molar-refractivity contribution in [3.63, 3.8) is 0 Å². The van der Waals surface area contributed by atoms with Gasteiger partial charge in [-0.2, -0.15) is 0 Å². The fourth-order valence-electron chi connectivity index (χ4n) is 3.78. The fraction of sp³-hybridized carbons (Fsp3) is 0.273. The summed E-state index contributed by atoms with van der Waals surface area (Å²) in [6, 6.07) is 15.0. The molecule has 0 amide bonds. The van der Waals surface area contributed by atoms with Crippen molar-refractivity contribution in [2.75, 3.05) is 0 Å². The number of hydrogen-bond acceptors (Lipinski definition) is 2. The molecule has 1 heterocycles. The summed E-state index contributed by atoms with van der Waals surface area (Å²) >= 11 is 0. The molecule has 0 saturated carbocycles. The molecule has 0 spiro atoms. The first-order valence-corrected chi connectivity index (χ1v) is 8.98. The van der Waals surface area contributed by atoms with Gasteiger partial charge in [0.1, 0.15) is 0 Å². The van der Waals surface area contributed by atoms with Crippen molar-refractivity contribution in [1.29, 1.82) is 0 Å². The first-order chi connectivity index (χ1) is 12.3. The quantitative estimate of drug-likeness (QED) is 0.667. The van der Waals surface area contributed by atoms with E-state index in [1.54, 1.807) is 0 Å². The van der Waals surface area contributed by atoms with Crippen LogP contribution in [0, 0.1) is 0 Å². The Morgan fingerprint density at radius 1 is 0.760 bits per heavy atom. The number of benzene rings is 2. The Morgan fingerprint density at radius 2 is 1.32 bits per heavy atom. The van der Waals surface area contributed by atoms with Gasteiger partial charge in [0.2, 0.25) is 0 Å². The van der Waals surface area contributed by atoms with Crippen LogP contribution in [0.25, 0.3) is 21.5 Å². The summed E-state index contributed by atoms with van der Waals surface area (Å²) in [4.78, 5) is 26.1. The molecule has 1 aliphatic rings. The molecule has 0 saturated heterocycles. The minimum Gasteiger partial charge on any atom is -0.274 e. The van der Waals surface area contributed by atoms with Crippen molar-refractivity contribution in [3.8, 4) is 0 Å². The van der Waals surface area contributed by atoms with E-state index in [4.69, 9.17) is 0 Å². The maximum Gasteiger partial charge on any atom is 0.261 e. The van der Waals surface area contributed by atoms with Crippen LogP contribution in [0.5, 0.6) is 0 Å². The molecule has 25 heavy (non-hydrogen) atoms. The molecule has 4 rings (SSSR count).